The number of anilines is 1. The highest BCUT2D eigenvalue weighted by molar-refractivity contribution is 6.02. The molecule has 28 heavy (non-hydrogen) atoms. The summed E-state index contributed by atoms with van der Waals surface area (Å²) < 4.78 is 12.8. The fourth-order valence-electron chi connectivity index (χ4n) is 2.48. The number of rotatable bonds is 11. The van der Waals surface area contributed by atoms with Gasteiger partial charge in [-0.1, -0.05) is 27.2 Å². The molecule has 0 aliphatic heterocycles. The molecule has 0 saturated carbocycles. The van der Waals surface area contributed by atoms with E-state index in [0.717, 1.165) is 25.7 Å². The normalized spacial score (nSPS) is 10.5. The monoisotopic (exact) mass is 387 g/mol. The number of amides is 1. The Labute approximate surface area is 165 Å². The summed E-state index contributed by atoms with van der Waals surface area (Å²) in [4.78, 5) is 24.4. The Kier molecular flexibility index (Phi) is 8.52. The third-order valence-electron chi connectivity index (χ3n) is 3.95. The molecular formula is C21H29N3O4. The van der Waals surface area contributed by atoms with Gasteiger partial charge in [0, 0.05) is 24.4 Å². The van der Waals surface area contributed by atoms with E-state index < -0.39 is 0 Å². The maximum atomic E-state index is 12.6. The third-order valence-corrected chi connectivity index (χ3v) is 3.95. The molecule has 0 atom stereocenters. The van der Waals surface area contributed by atoms with Crippen LogP contribution < -0.4 is 20.3 Å². The fraction of sp³-hybridized carbons (Fsp3) is 0.476. The van der Waals surface area contributed by atoms with E-state index in [1.807, 2.05) is 20.8 Å². The van der Waals surface area contributed by atoms with E-state index in [2.05, 4.69) is 10.4 Å². The number of benzene rings is 1. The standard InChI is InChI=1S/C21H29N3O4/c1-4-7-12-24-20(25)11-9-17(23-24)21(26)22-16-8-10-18(27-13-5-2)19(15-16)28-14-6-3/h8-11,15H,4-7,12-14H2,1-3H3,(H,22,26). The zero-order valence-corrected chi connectivity index (χ0v) is 16.9. The number of aryl methyl sites for hydroxylation is 1. The molecule has 0 aliphatic rings. The molecule has 1 aromatic carbocycles. The molecular weight excluding hydrogens is 358 g/mol. The second kappa shape index (κ2) is 11.1. The summed E-state index contributed by atoms with van der Waals surface area (Å²) in [6, 6.07) is 8.09. The quantitative estimate of drug-likeness (QED) is 0.633. The van der Waals surface area contributed by atoms with Crippen molar-refractivity contribution in [2.45, 2.75) is 53.0 Å². The lowest BCUT2D eigenvalue weighted by molar-refractivity contribution is 0.101. The number of unbranched alkanes of at least 4 members (excludes halogenated alkanes) is 1. The first kappa shape index (κ1) is 21.5. The molecule has 0 bridgehead atoms. The van der Waals surface area contributed by atoms with Crippen molar-refractivity contribution in [3.8, 4) is 11.5 Å². The number of hydrogen-bond donors (Lipinski definition) is 1. The van der Waals surface area contributed by atoms with Gasteiger partial charge in [-0.3, -0.25) is 9.59 Å². The lowest BCUT2D eigenvalue weighted by Crippen LogP contribution is -2.26. The highest BCUT2D eigenvalue weighted by Gasteiger charge is 2.13. The maximum absolute atomic E-state index is 12.6. The van der Waals surface area contributed by atoms with Crippen molar-refractivity contribution in [2.24, 2.45) is 0 Å². The third kappa shape index (κ3) is 6.11. The van der Waals surface area contributed by atoms with Gasteiger partial charge in [-0.15, -0.1) is 0 Å². The molecule has 1 heterocycles. The highest BCUT2D eigenvalue weighted by Crippen LogP contribution is 2.31. The molecule has 0 fully saturated rings. The van der Waals surface area contributed by atoms with Crippen molar-refractivity contribution in [1.29, 1.82) is 0 Å². The van der Waals surface area contributed by atoms with Crippen molar-refractivity contribution in [1.82, 2.24) is 9.78 Å². The van der Waals surface area contributed by atoms with Crippen LogP contribution in [-0.2, 0) is 6.54 Å². The van der Waals surface area contributed by atoms with Gasteiger partial charge in [0.05, 0.1) is 13.2 Å². The Hall–Kier alpha value is -2.83. The van der Waals surface area contributed by atoms with Gasteiger partial charge in [0.2, 0.25) is 0 Å². The summed E-state index contributed by atoms with van der Waals surface area (Å²) >= 11 is 0. The Bertz CT molecular complexity index is 833. The highest BCUT2D eigenvalue weighted by atomic mass is 16.5. The number of hydrogen-bond acceptors (Lipinski definition) is 5. The number of aromatic nitrogens is 2. The number of carbonyl (C=O) groups is 1. The van der Waals surface area contributed by atoms with Crippen LogP contribution in [0.1, 0.15) is 56.9 Å². The molecule has 2 aromatic rings. The fourth-order valence-corrected chi connectivity index (χ4v) is 2.48. The summed E-state index contributed by atoms with van der Waals surface area (Å²) in [5, 5.41) is 6.98. The van der Waals surface area contributed by atoms with Crippen LogP contribution in [-0.4, -0.2) is 28.9 Å². The van der Waals surface area contributed by atoms with Gasteiger partial charge in [0.15, 0.2) is 11.5 Å². The van der Waals surface area contributed by atoms with E-state index in [-0.39, 0.29) is 17.2 Å². The summed E-state index contributed by atoms with van der Waals surface area (Å²) in [5.41, 5.74) is 0.559. The summed E-state index contributed by atoms with van der Waals surface area (Å²) in [5.74, 6) is 0.863. The predicted molar refractivity (Wildman–Crippen MR) is 109 cm³/mol. The minimum Gasteiger partial charge on any atom is -0.490 e. The van der Waals surface area contributed by atoms with Crippen LogP contribution in [0.15, 0.2) is 35.1 Å². The summed E-state index contributed by atoms with van der Waals surface area (Å²) in [6.07, 6.45) is 3.53. The second-order valence-corrected chi connectivity index (χ2v) is 6.45. The molecule has 1 amide bonds. The maximum Gasteiger partial charge on any atom is 0.276 e. The molecule has 7 heteroatoms. The summed E-state index contributed by atoms with van der Waals surface area (Å²) in [7, 11) is 0. The molecule has 1 N–H and O–H groups in total. The zero-order chi connectivity index (χ0) is 20.4. The average Bonchev–Trinajstić information content (AvgIpc) is 2.70. The molecule has 7 nitrogen and oxygen atoms in total. The first-order valence-corrected chi connectivity index (χ1v) is 9.88. The van der Waals surface area contributed by atoms with Crippen molar-refractivity contribution in [2.75, 3.05) is 18.5 Å². The van der Waals surface area contributed by atoms with Crippen molar-refractivity contribution >= 4 is 11.6 Å². The van der Waals surface area contributed by atoms with Crippen molar-refractivity contribution in [3.63, 3.8) is 0 Å². The van der Waals surface area contributed by atoms with Crippen LogP contribution in [0.3, 0.4) is 0 Å². The van der Waals surface area contributed by atoms with Crippen molar-refractivity contribution < 1.29 is 14.3 Å². The second-order valence-electron chi connectivity index (χ2n) is 6.45. The first-order chi connectivity index (χ1) is 13.6. The van der Waals surface area contributed by atoms with E-state index >= 15 is 0 Å². The van der Waals surface area contributed by atoms with Gasteiger partial charge in [0.25, 0.3) is 11.5 Å². The Balaban J connectivity index is 2.17. The van der Waals surface area contributed by atoms with E-state index in [1.54, 1.807) is 18.2 Å². The largest absolute Gasteiger partial charge is 0.490 e. The molecule has 0 spiro atoms. The average molecular weight is 387 g/mol. The molecule has 2 rings (SSSR count). The van der Waals surface area contributed by atoms with Gasteiger partial charge in [-0.25, -0.2) is 4.68 Å². The van der Waals surface area contributed by atoms with Gasteiger partial charge in [-0.05, 0) is 37.5 Å². The van der Waals surface area contributed by atoms with E-state index in [9.17, 15) is 9.59 Å². The number of nitrogens with zero attached hydrogens (tertiary/aromatic N) is 2. The topological polar surface area (TPSA) is 82.5 Å². The molecule has 152 valence electrons. The Morgan fingerprint density at radius 3 is 2.39 bits per heavy atom. The van der Waals surface area contributed by atoms with Crippen LogP contribution >= 0.6 is 0 Å². The molecule has 1 aromatic heterocycles. The Morgan fingerprint density at radius 2 is 1.71 bits per heavy atom. The van der Waals surface area contributed by atoms with Gasteiger partial charge < -0.3 is 14.8 Å². The SMILES string of the molecule is CCCCn1nc(C(=O)Nc2ccc(OCCC)c(OCCC)c2)ccc1=O. The number of ether oxygens (including phenoxy) is 2. The minimum atomic E-state index is -0.381. The van der Waals surface area contributed by atoms with Crippen LogP contribution in [0.4, 0.5) is 5.69 Å². The smallest absolute Gasteiger partial charge is 0.276 e. The molecule has 0 aliphatic carbocycles. The lowest BCUT2D eigenvalue weighted by atomic mass is 10.2. The zero-order valence-electron chi connectivity index (χ0n) is 16.9. The van der Waals surface area contributed by atoms with Gasteiger partial charge in [0.1, 0.15) is 5.69 Å². The van der Waals surface area contributed by atoms with Crippen molar-refractivity contribution in [3.05, 3.63) is 46.4 Å². The first-order valence-electron chi connectivity index (χ1n) is 9.88. The van der Waals surface area contributed by atoms with Crippen LogP contribution in [0, 0.1) is 0 Å². The number of nitrogens with one attached hydrogen (secondary N) is 1. The Morgan fingerprint density at radius 1 is 1.00 bits per heavy atom. The van der Waals surface area contributed by atoms with E-state index in [1.165, 1.54) is 16.8 Å². The number of carbonyl (C=O) groups excluding carboxylic acids is 1. The molecule has 0 unspecified atom stereocenters. The van der Waals surface area contributed by atoms with Crippen LogP contribution in [0.5, 0.6) is 11.5 Å². The molecule has 0 radical (unpaired) electrons. The minimum absolute atomic E-state index is 0.193. The summed E-state index contributed by atoms with van der Waals surface area (Å²) in [6.45, 7) is 7.75. The van der Waals surface area contributed by atoms with E-state index in [4.69, 9.17) is 9.47 Å². The van der Waals surface area contributed by atoms with Crippen LogP contribution in [0.2, 0.25) is 0 Å². The van der Waals surface area contributed by atoms with E-state index in [0.29, 0.717) is 36.9 Å². The lowest BCUT2D eigenvalue weighted by Gasteiger charge is -2.14. The van der Waals surface area contributed by atoms with Crippen LogP contribution in [0.25, 0.3) is 0 Å². The van der Waals surface area contributed by atoms with Gasteiger partial charge in [-0.2, -0.15) is 5.10 Å². The molecule has 0 saturated heterocycles. The van der Waals surface area contributed by atoms with Gasteiger partial charge >= 0.3 is 0 Å². The predicted octanol–water partition coefficient (Wildman–Crippen LogP) is 3.87.